The molecule has 2 aromatic rings. The Bertz CT molecular complexity index is 692. The molecule has 1 aliphatic rings. The number of hydrogen-bond donors (Lipinski definition) is 1. The van der Waals surface area contributed by atoms with Crippen molar-refractivity contribution in [1.82, 2.24) is 9.88 Å². The van der Waals surface area contributed by atoms with Gasteiger partial charge >= 0.3 is 5.97 Å². The number of aromatic carboxylic acids is 1. The minimum Gasteiger partial charge on any atom is -0.478 e. The van der Waals surface area contributed by atoms with Crippen LogP contribution in [0.2, 0.25) is 0 Å². The molecule has 5 heteroatoms. The molecule has 1 saturated heterocycles. The Morgan fingerprint density at radius 2 is 1.96 bits per heavy atom. The highest BCUT2D eigenvalue weighted by Gasteiger charge is 2.21. The van der Waals surface area contributed by atoms with E-state index in [1.54, 1.807) is 18.3 Å². The number of carboxylic acids is 1. The zero-order valence-corrected chi connectivity index (χ0v) is 13.8. The van der Waals surface area contributed by atoms with Gasteiger partial charge < -0.3 is 9.84 Å². The van der Waals surface area contributed by atoms with Crippen LogP contribution in [0, 0.1) is 6.92 Å². The lowest BCUT2D eigenvalue weighted by Gasteiger charge is -2.31. The summed E-state index contributed by atoms with van der Waals surface area (Å²) in [7, 11) is 0. The minimum absolute atomic E-state index is 0.213. The van der Waals surface area contributed by atoms with Crippen molar-refractivity contribution >= 4 is 5.97 Å². The third-order valence-electron chi connectivity index (χ3n) is 4.32. The third kappa shape index (κ3) is 4.32. The van der Waals surface area contributed by atoms with Gasteiger partial charge in [-0.25, -0.2) is 9.78 Å². The average Bonchev–Trinajstić information content (AvgIpc) is 2.57. The van der Waals surface area contributed by atoms with E-state index in [0.717, 1.165) is 43.6 Å². The van der Waals surface area contributed by atoms with E-state index < -0.39 is 5.97 Å². The van der Waals surface area contributed by atoms with Gasteiger partial charge in [-0.3, -0.25) is 4.90 Å². The van der Waals surface area contributed by atoms with E-state index >= 15 is 0 Å². The summed E-state index contributed by atoms with van der Waals surface area (Å²) in [5, 5.41) is 8.94. The molecular formula is C19H22N2O3. The number of ether oxygens (including phenoxy) is 1. The number of hydrogen-bond acceptors (Lipinski definition) is 4. The van der Waals surface area contributed by atoms with E-state index in [9.17, 15) is 4.79 Å². The zero-order valence-electron chi connectivity index (χ0n) is 13.8. The van der Waals surface area contributed by atoms with Crippen LogP contribution >= 0.6 is 0 Å². The Kier molecular flexibility index (Phi) is 5.11. The van der Waals surface area contributed by atoms with Gasteiger partial charge in [0.1, 0.15) is 6.10 Å². The molecule has 3 rings (SSSR count). The van der Waals surface area contributed by atoms with Crippen molar-refractivity contribution < 1.29 is 14.6 Å². The van der Waals surface area contributed by atoms with E-state index in [0.29, 0.717) is 11.4 Å². The normalized spacial score (nSPS) is 16.0. The van der Waals surface area contributed by atoms with Crippen LogP contribution in [-0.4, -0.2) is 40.2 Å². The first-order chi connectivity index (χ1) is 11.6. The van der Waals surface area contributed by atoms with Crippen LogP contribution in [0.25, 0.3) is 0 Å². The van der Waals surface area contributed by atoms with Gasteiger partial charge in [0.25, 0.3) is 0 Å². The summed E-state index contributed by atoms with van der Waals surface area (Å²) < 4.78 is 5.97. The molecule has 0 saturated carbocycles. The Labute approximate surface area is 141 Å². The van der Waals surface area contributed by atoms with Crippen LogP contribution < -0.4 is 4.74 Å². The van der Waals surface area contributed by atoms with Gasteiger partial charge in [0.15, 0.2) is 0 Å². The first-order valence-corrected chi connectivity index (χ1v) is 8.24. The van der Waals surface area contributed by atoms with Gasteiger partial charge in [-0.1, -0.05) is 12.1 Å². The standard InChI is InChI=1S/C19H22N2O3/c1-14-6-9-20-18(12-14)24-17-7-10-21(11-8-17)13-15-2-4-16(5-3-15)19(22)23/h2-6,9,12,17H,7-8,10-11,13H2,1H3,(H,22,23). The van der Waals surface area contributed by atoms with Crippen molar-refractivity contribution in [3.8, 4) is 5.88 Å². The molecule has 5 nitrogen and oxygen atoms in total. The Balaban J connectivity index is 1.49. The highest BCUT2D eigenvalue weighted by atomic mass is 16.5. The lowest BCUT2D eigenvalue weighted by molar-refractivity contribution is 0.0696. The van der Waals surface area contributed by atoms with Crippen molar-refractivity contribution in [2.45, 2.75) is 32.4 Å². The van der Waals surface area contributed by atoms with E-state index in [-0.39, 0.29) is 6.10 Å². The maximum Gasteiger partial charge on any atom is 0.335 e. The van der Waals surface area contributed by atoms with Gasteiger partial charge in [-0.2, -0.15) is 0 Å². The molecule has 1 N–H and O–H groups in total. The predicted octanol–water partition coefficient (Wildman–Crippen LogP) is 3.13. The number of aryl methyl sites for hydroxylation is 1. The van der Waals surface area contributed by atoms with Gasteiger partial charge in [0.05, 0.1) is 5.56 Å². The Morgan fingerprint density at radius 1 is 1.25 bits per heavy atom. The van der Waals surface area contributed by atoms with E-state index in [1.165, 1.54) is 0 Å². The fourth-order valence-electron chi connectivity index (χ4n) is 2.94. The third-order valence-corrected chi connectivity index (χ3v) is 4.32. The number of pyridine rings is 1. The summed E-state index contributed by atoms with van der Waals surface area (Å²) >= 11 is 0. The molecule has 2 heterocycles. The van der Waals surface area contributed by atoms with Crippen LogP contribution in [0.4, 0.5) is 0 Å². The second-order valence-corrected chi connectivity index (χ2v) is 6.27. The summed E-state index contributed by atoms with van der Waals surface area (Å²) in [5.41, 5.74) is 2.62. The topological polar surface area (TPSA) is 62.7 Å². The highest BCUT2D eigenvalue weighted by Crippen LogP contribution is 2.19. The zero-order chi connectivity index (χ0) is 16.9. The van der Waals surface area contributed by atoms with E-state index in [4.69, 9.17) is 9.84 Å². The van der Waals surface area contributed by atoms with Gasteiger partial charge in [0.2, 0.25) is 5.88 Å². The number of benzene rings is 1. The number of carbonyl (C=O) groups is 1. The quantitative estimate of drug-likeness (QED) is 0.914. The molecule has 1 aromatic carbocycles. The molecule has 0 spiro atoms. The smallest absolute Gasteiger partial charge is 0.335 e. The number of aromatic nitrogens is 1. The number of piperidine rings is 1. The van der Waals surface area contributed by atoms with Gasteiger partial charge in [-0.05, 0) is 49.1 Å². The Morgan fingerprint density at radius 3 is 2.58 bits per heavy atom. The highest BCUT2D eigenvalue weighted by molar-refractivity contribution is 5.87. The fourth-order valence-corrected chi connectivity index (χ4v) is 2.94. The summed E-state index contributed by atoms with van der Waals surface area (Å²) in [4.78, 5) is 17.5. The molecule has 1 aromatic heterocycles. The maximum atomic E-state index is 10.9. The predicted molar refractivity (Wildman–Crippen MR) is 91.3 cm³/mol. The van der Waals surface area contributed by atoms with Crippen LogP contribution in [-0.2, 0) is 6.54 Å². The summed E-state index contributed by atoms with van der Waals surface area (Å²) in [5.74, 6) is -0.179. The van der Waals surface area contributed by atoms with E-state index in [1.807, 2.05) is 31.2 Å². The van der Waals surface area contributed by atoms with Crippen molar-refractivity contribution in [2.75, 3.05) is 13.1 Å². The van der Waals surface area contributed by atoms with Crippen LogP contribution in [0.1, 0.15) is 34.3 Å². The number of rotatable bonds is 5. The van der Waals surface area contributed by atoms with Gasteiger partial charge in [0, 0.05) is 31.9 Å². The van der Waals surface area contributed by atoms with Crippen molar-refractivity contribution in [3.63, 3.8) is 0 Å². The molecule has 0 unspecified atom stereocenters. The number of carboxylic acid groups (broad SMARTS) is 1. The molecule has 0 atom stereocenters. The molecule has 24 heavy (non-hydrogen) atoms. The molecule has 126 valence electrons. The van der Waals surface area contributed by atoms with Crippen LogP contribution in [0.15, 0.2) is 42.6 Å². The van der Waals surface area contributed by atoms with Crippen molar-refractivity contribution in [1.29, 1.82) is 0 Å². The molecular weight excluding hydrogens is 304 g/mol. The summed E-state index contributed by atoms with van der Waals surface area (Å²) in [6, 6.07) is 11.0. The fraction of sp³-hybridized carbons (Fsp3) is 0.368. The largest absolute Gasteiger partial charge is 0.478 e. The molecule has 0 bridgehead atoms. The summed E-state index contributed by atoms with van der Waals surface area (Å²) in [6.45, 7) is 4.82. The first kappa shape index (κ1) is 16.5. The monoisotopic (exact) mass is 326 g/mol. The molecule has 0 radical (unpaired) electrons. The lowest BCUT2D eigenvalue weighted by Crippen LogP contribution is -2.37. The second kappa shape index (κ2) is 7.45. The average molecular weight is 326 g/mol. The van der Waals surface area contributed by atoms with Crippen molar-refractivity contribution in [3.05, 3.63) is 59.3 Å². The lowest BCUT2D eigenvalue weighted by atomic mass is 10.1. The van der Waals surface area contributed by atoms with E-state index in [2.05, 4.69) is 9.88 Å². The maximum absolute atomic E-state index is 10.9. The summed E-state index contributed by atoms with van der Waals surface area (Å²) in [6.07, 6.45) is 3.94. The molecule has 1 fully saturated rings. The number of likely N-dealkylation sites (tertiary alicyclic amines) is 1. The molecule has 1 aliphatic heterocycles. The second-order valence-electron chi connectivity index (χ2n) is 6.27. The first-order valence-electron chi connectivity index (χ1n) is 8.24. The SMILES string of the molecule is Cc1ccnc(OC2CCN(Cc3ccc(C(=O)O)cc3)CC2)c1. The molecule has 0 aliphatic carbocycles. The van der Waals surface area contributed by atoms with Gasteiger partial charge in [-0.15, -0.1) is 0 Å². The van der Waals surface area contributed by atoms with Crippen molar-refractivity contribution in [2.24, 2.45) is 0 Å². The Hall–Kier alpha value is -2.40. The minimum atomic E-state index is -0.885. The van der Waals surface area contributed by atoms with Crippen LogP contribution in [0.3, 0.4) is 0 Å². The number of nitrogens with zero attached hydrogens (tertiary/aromatic N) is 2. The van der Waals surface area contributed by atoms with Crippen LogP contribution in [0.5, 0.6) is 5.88 Å². The molecule has 0 amide bonds.